The zero-order valence-electron chi connectivity index (χ0n) is 36.6. The highest BCUT2D eigenvalue weighted by molar-refractivity contribution is 6.03. The molecule has 64 heavy (non-hydrogen) atoms. The van der Waals surface area contributed by atoms with E-state index in [1.54, 1.807) is 36.2 Å². The maximum absolute atomic E-state index is 14.2. The Balaban J connectivity index is 1.32. The molecule has 2 aliphatic carbocycles. The Bertz CT molecular complexity index is 2210. The Labute approximate surface area is 376 Å². The molecule has 1 aliphatic heterocycles. The van der Waals surface area contributed by atoms with Crippen molar-refractivity contribution in [1.29, 1.82) is 0 Å². The van der Waals surface area contributed by atoms with Crippen LogP contribution in [0.25, 0.3) is 0 Å². The molecule has 6 atom stereocenters. The molecule has 12 heteroatoms. The number of aliphatic hydroxyl groups is 2. The standard InChI is InChI=1S/C52H60N2O10/c1-3-27-61-52-48(54(2)51(58)60-29-28-59-35-37-15-6-4-7-16-37)33-46(53-62-36-38-17-8-5-9-18-38)44-31-40(20-10-12-25-55)43(22-11-13-26-56)49(50(44)52)45-32-42(23-24-47(45)64-52)63-41-21-14-19-39(30-41)34-57/h3-9,14-19,21,23-24,30-32,34,40,43,48-50,55-56H,1,10-13,20,22,25-29,33,35-36H2,2H3. The molecule has 6 unspecified atom stereocenters. The predicted molar refractivity (Wildman–Crippen MR) is 243 cm³/mol. The fourth-order valence-electron chi connectivity index (χ4n) is 9.52. The molecule has 0 aromatic heterocycles. The van der Waals surface area contributed by atoms with Crippen molar-refractivity contribution in [2.75, 3.05) is 40.1 Å². The van der Waals surface area contributed by atoms with Crippen LogP contribution >= 0.6 is 0 Å². The minimum absolute atomic E-state index is 0.0197. The summed E-state index contributed by atoms with van der Waals surface area (Å²) in [6.07, 6.45) is 8.89. The van der Waals surface area contributed by atoms with E-state index in [4.69, 9.17) is 33.7 Å². The van der Waals surface area contributed by atoms with Crippen LogP contribution in [-0.2, 0) is 32.3 Å². The second kappa shape index (κ2) is 22.7. The SMILES string of the molecule is C=CCOC12Oc3ccc(Oc4cccc(C=O)c4)cc3C3C(CCCCO)C(CCCCO)C=C(C(=NOCc4ccccc4)CC1N(C)C(=O)OCCOCc1ccccc1)C32. The Hall–Kier alpha value is -5.79. The summed E-state index contributed by atoms with van der Waals surface area (Å²) < 4.78 is 32.4. The third-order valence-corrected chi connectivity index (χ3v) is 12.4. The fraction of sp³-hybridized carbons (Fsp3) is 0.404. The van der Waals surface area contributed by atoms with Gasteiger partial charge in [-0.15, -0.1) is 6.58 Å². The summed E-state index contributed by atoms with van der Waals surface area (Å²) in [6.45, 7) is 5.16. The van der Waals surface area contributed by atoms with Crippen molar-refractivity contribution < 1.29 is 48.3 Å². The first kappa shape index (κ1) is 46.2. The van der Waals surface area contributed by atoms with E-state index < -0.39 is 23.8 Å². The van der Waals surface area contributed by atoms with Crippen LogP contribution in [-0.4, -0.2) is 85.1 Å². The van der Waals surface area contributed by atoms with E-state index in [0.29, 0.717) is 48.0 Å². The highest BCUT2D eigenvalue weighted by atomic mass is 16.7. The molecule has 1 heterocycles. The molecular weight excluding hydrogens is 813 g/mol. The molecule has 4 aromatic rings. The van der Waals surface area contributed by atoms with Gasteiger partial charge < -0.3 is 43.6 Å². The van der Waals surface area contributed by atoms with Crippen LogP contribution in [0.4, 0.5) is 4.79 Å². The summed E-state index contributed by atoms with van der Waals surface area (Å²) in [5, 5.41) is 24.7. The Morgan fingerprint density at radius 2 is 1.59 bits per heavy atom. The lowest BCUT2D eigenvalue weighted by molar-refractivity contribution is -0.253. The normalized spacial score (nSPS) is 22.6. The van der Waals surface area contributed by atoms with Crippen LogP contribution in [0, 0.1) is 17.8 Å². The Morgan fingerprint density at radius 1 is 0.875 bits per heavy atom. The fourth-order valence-corrected chi connectivity index (χ4v) is 9.52. The van der Waals surface area contributed by atoms with Gasteiger partial charge in [0.2, 0.25) is 5.79 Å². The quantitative estimate of drug-likeness (QED) is 0.0320. The molecule has 1 fully saturated rings. The molecule has 0 radical (unpaired) electrons. The summed E-state index contributed by atoms with van der Waals surface area (Å²) in [6, 6.07) is 31.6. The summed E-state index contributed by atoms with van der Waals surface area (Å²) >= 11 is 0. The van der Waals surface area contributed by atoms with Gasteiger partial charge >= 0.3 is 6.09 Å². The minimum Gasteiger partial charge on any atom is -0.459 e. The number of carbonyl (C=O) groups excluding carboxylic acids is 2. The number of fused-ring (bicyclic) bond motifs is 2. The molecular formula is C52H60N2O10. The van der Waals surface area contributed by atoms with Crippen LogP contribution in [0.3, 0.4) is 0 Å². The van der Waals surface area contributed by atoms with Crippen molar-refractivity contribution in [3.05, 3.63) is 150 Å². The van der Waals surface area contributed by atoms with Gasteiger partial charge in [0.25, 0.3) is 0 Å². The third-order valence-electron chi connectivity index (χ3n) is 12.4. The van der Waals surface area contributed by atoms with Crippen molar-refractivity contribution in [1.82, 2.24) is 4.90 Å². The van der Waals surface area contributed by atoms with Crippen molar-refractivity contribution in [2.45, 2.75) is 75.9 Å². The van der Waals surface area contributed by atoms with Crippen LogP contribution in [0.2, 0.25) is 0 Å². The van der Waals surface area contributed by atoms with Crippen LogP contribution < -0.4 is 9.47 Å². The number of amides is 1. The van der Waals surface area contributed by atoms with E-state index in [1.165, 1.54) is 0 Å². The first-order chi connectivity index (χ1) is 31.4. The maximum Gasteiger partial charge on any atom is 0.410 e. The number of aldehydes is 1. The second-order valence-electron chi connectivity index (χ2n) is 16.6. The number of allylic oxidation sites excluding steroid dienone is 1. The highest BCUT2D eigenvalue weighted by Crippen LogP contribution is 2.62. The number of ether oxygens (including phenoxy) is 5. The number of likely N-dealkylation sites (N-methyl/N-ethyl adjacent to an activating group) is 1. The van der Waals surface area contributed by atoms with Gasteiger partial charge in [-0.25, -0.2) is 4.79 Å². The van der Waals surface area contributed by atoms with Crippen LogP contribution in [0.15, 0.2) is 133 Å². The maximum atomic E-state index is 14.2. The zero-order chi connectivity index (χ0) is 44.7. The Kier molecular flexibility index (Phi) is 16.4. The molecule has 0 spiro atoms. The number of hydrogen-bond acceptors (Lipinski definition) is 11. The van der Waals surface area contributed by atoms with E-state index >= 15 is 0 Å². The molecule has 3 aliphatic rings. The first-order valence-electron chi connectivity index (χ1n) is 22.4. The van der Waals surface area contributed by atoms with Gasteiger partial charge in [-0.3, -0.25) is 4.79 Å². The van der Waals surface area contributed by atoms with Crippen molar-refractivity contribution >= 4 is 18.1 Å². The largest absolute Gasteiger partial charge is 0.459 e. The predicted octanol–water partition coefficient (Wildman–Crippen LogP) is 9.41. The Morgan fingerprint density at radius 3 is 2.31 bits per heavy atom. The van der Waals surface area contributed by atoms with E-state index in [0.717, 1.165) is 54.2 Å². The van der Waals surface area contributed by atoms with Gasteiger partial charge in [0.1, 0.15) is 42.8 Å². The number of nitrogens with zero attached hydrogens (tertiary/aromatic N) is 2. The molecule has 338 valence electrons. The lowest BCUT2D eigenvalue weighted by atomic mass is 9.55. The van der Waals surface area contributed by atoms with Gasteiger partial charge in [0, 0.05) is 43.7 Å². The number of unbranched alkanes of at least 4 members (excludes halogenated alkanes) is 2. The molecule has 0 bridgehead atoms. The van der Waals surface area contributed by atoms with Gasteiger partial charge in [-0.05, 0) is 84.6 Å². The molecule has 1 amide bonds. The zero-order valence-corrected chi connectivity index (χ0v) is 36.6. The first-order valence-corrected chi connectivity index (χ1v) is 22.4. The lowest BCUT2D eigenvalue weighted by Crippen LogP contribution is -2.69. The summed E-state index contributed by atoms with van der Waals surface area (Å²) in [4.78, 5) is 33.6. The molecule has 12 nitrogen and oxygen atoms in total. The van der Waals surface area contributed by atoms with Gasteiger partial charge in [0.15, 0.2) is 0 Å². The molecule has 7 rings (SSSR count). The van der Waals surface area contributed by atoms with Crippen LogP contribution in [0.5, 0.6) is 17.2 Å². The number of rotatable bonds is 23. The number of carbonyl (C=O) groups is 2. The average Bonchev–Trinajstić information content (AvgIpc) is 3.32. The van der Waals surface area contributed by atoms with Crippen LogP contribution in [0.1, 0.15) is 77.9 Å². The number of aliphatic hydroxyl groups excluding tert-OH is 2. The van der Waals surface area contributed by atoms with Gasteiger partial charge in [-0.2, -0.15) is 0 Å². The topological polar surface area (TPSA) is 146 Å². The van der Waals surface area contributed by atoms with Crippen molar-refractivity contribution in [3.63, 3.8) is 0 Å². The molecule has 1 saturated carbocycles. The third kappa shape index (κ3) is 10.9. The lowest BCUT2D eigenvalue weighted by Gasteiger charge is -2.59. The van der Waals surface area contributed by atoms with Crippen molar-refractivity contribution in [3.8, 4) is 17.2 Å². The summed E-state index contributed by atoms with van der Waals surface area (Å²) in [5.41, 5.74) is 4.97. The molecule has 0 saturated heterocycles. The van der Waals surface area contributed by atoms with Crippen molar-refractivity contribution in [2.24, 2.45) is 22.9 Å². The highest BCUT2D eigenvalue weighted by Gasteiger charge is 2.65. The smallest absolute Gasteiger partial charge is 0.410 e. The van der Waals surface area contributed by atoms with E-state index in [9.17, 15) is 19.8 Å². The van der Waals surface area contributed by atoms with E-state index in [1.807, 2.05) is 84.9 Å². The van der Waals surface area contributed by atoms with E-state index in [2.05, 4.69) is 12.7 Å². The number of benzene rings is 4. The monoisotopic (exact) mass is 872 g/mol. The average molecular weight is 873 g/mol. The van der Waals surface area contributed by atoms with Gasteiger partial charge in [0.05, 0.1) is 31.5 Å². The minimum atomic E-state index is -1.44. The molecule has 2 N–H and O–H groups in total. The van der Waals surface area contributed by atoms with Gasteiger partial charge in [-0.1, -0.05) is 103 Å². The molecule has 4 aromatic carbocycles. The summed E-state index contributed by atoms with van der Waals surface area (Å²) in [5.74, 6) is -0.473. The second-order valence-corrected chi connectivity index (χ2v) is 16.6. The number of oxime groups is 1. The number of hydrogen-bond donors (Lipinski definition) is 2. The van der Waals surface area contributed by atoms with E-state index in [-0.39, 0.29) is 63.8 Å². The summed E-state index contributed by atoms with van der Waals surface area (Å²) in [7, 11) is 1.70.